The first-order valence-electron chi connectivity index (χ1n) is 6.93. The van der Waals surface area contributed by atoms with Gasteiger partial charge in [-0.2, -0.15) is 0 Å². The standard InChI is InChI=1S/C12H30NO2P.H4NO3P/c1-9-13(10-2)16(14,15,11(3,4)5)12(6,7)8;1-5(2,3)4/h14-15H,9-10H2,1-8H3;(H4,1,2,3,4). The second kappa shape index (κ2) is 6.90. The first-order chi connectivity index (χ1) is 8.83. The molecule has 7 nitrogen and oxygen atoms in total. The Morgan fingerprint density at radius 2 is 1.14 bits per heavy atom. The Kier molecular flexibility index (Phi) is 7.78. The van der Waals surface area contributed by atoms with Gasteiger partial charge in [-0.05, 0) is 0 Å². The van der Waals surface area contributed by atoms with Gasteiger partial charge >= 0.3 is 108 Å². The van der Waals surface area contributed by atoms with Crippen LogP contribution < -0.4 is 5.50 Å². The van der Waals surface area contributed by atoms with Gasteiger partial charge in [-0.25, -0.2) is 10.1 Å². The molecule has 6 N–H and O–H groups in total. The maximum absolute atomic E-state index is 11.2. The minimum atomic E-state index is -4.14. The first-order valence-corrected chi connectivity index (χ1v) is 10.7. The number of hydrogen-bond acceptors (Lipinski definition) is 4. The van der Waals surface area contributed by atoms with Crippen molar-refractivity contribution in [2.45, 2.75) is 65.7 Å². The van der Waals surface area contributed by atoms with Crippen LogP contribution in [0.4, 0.5) is 0 Å². The Bertz CT molecular complexity index is 352. The van der Waals surface area contributed by atoms with E-state index in [0.29, 0.717) is 13.1 Å². The zero-order valence-corrected chi connectivity index (χ0v) is 16.3. The van der Waals surface area contributed by atoms with E-state index in [1.165, 1.54) is 0 Å². The van der Waals surface area contributed by atoms with Crippen molar-refractivity contribution in [3.05, 3.63) is 0 Å². The van der Waals surface area contributed by atoms with Gasteiger partial charge in [0.25, 0.3) is 0 Å². The molecule has 0 amide bonds. The smallest absolute Gasteiger partial charge is 0.313 e. The van der Waals surface area contributed by atoms with Crippen LogP contribution in [-0.4, -0.2) is 47.6 Å². The van der Waals surface area contributed by atoms with Gasteiger partial charge in [0.15, 0.2) is 0 Å². The number of rotatable bonds is 3. The van der Waals surface area contributed by atoms with Crippen LogP contribution in [0.1, 0.15) is 55.4 Å². The van der Waals surface area contributed by atoms with Crippen LogP contribution in [0.25, 0.3) is 0 Å². The molecule has 9 heteroatoms. The van der Waals surface area contributed by atoms with Crippen LogP contribution in [0, 0.1) is 0 Å². The van der Waals surface area contributed by atoms with Crippen LogP contribution in [0.2, 0.25) is 0 Å². The van der Waals surface area contributed by atoms with Crippen molar-refractivity contribution in [1.82, 2.24) is 4.67 Å². The van der Waals surface area contributed by atoms with Crippen LogP contribution in [-0.2, 0) is 4.57 Å². The van der Waals surface area contributed by atoms with Crippen molar-refractivity contribution >= 4 is 15.0 Å². The number of nitrogens with two attached hydrogens (primary N) is 1. The minimum absolute atomic E-state index is 0.532. The van der Waals surface area contributed by atoms with Crippen molar-refractivity contribution in [3.8, 4) is 0 Å². The maximum Gasteiger partial charge on any atom is 0.397 e. The Morgan fingerprint density at radius 1 is 0.952 bits per heavy atom. The van der Waals surface area contributed by atoms with Gasteiger partial charge in [-0.1, -0.05) is 0 Å². The zero-order valence-electron chi connectivity index (χ0n) is 14.5. The Hall–Kier alpha value is 0.420. The predicted molar refractivity (Wildman–Crippen MR) is 90.0 cm³/mol. The summed E-state index contributed by atoms with van der Waals surface area (Å²) in [5.74, 6) is 0. The Labute approximate surface area is 128 Å². The summed E-state index contributed by atoms with van der Waals surface area (Å²) in [6, 6.07) is 0. The average Bonchev–Trinajstić information content (AvgIpc) is 2.12. The third kappa shape index (κ3) is 5.22. The summed E-state index contributed by atoms with van der Waals surface area (Å²) in [6.45, 7) is 16.8. The molecule has 0 radical (unpaired) electrons. The van der Waals surface area contributed by atoms with E-state index in [2.05, 4.69) is 5.50 Å². The van der Waals surface area contributed by atoms with Crippen molar-refractivity contribution in [1.29, 1.82) is 0 Å². The molecule has 0 heterocycles. The Morgan fingerprint density at radius 3 is 1.19 bits per heavy atom. The molecule has 0 aliphatic carbocycles. The van der Waals surface area contributed by atoms with E-state index in [1.54, 1.807) is 0 Å². The predicted octanol–water partition coefficient (Wildman–Crippen LogP) is 2.25. The molecule has 21 heavy (non-hydrogen) atoms. The molecule has 0 aromatic heterocycles. The fraction of sp³-hybridized carbons (Fsp3) is 1.00. The van der Waals surface area contributed by atoms with Crippen LogP contribution in [0.15, 0.2) is 0 Å². The van der Waals surface area contributed by atoms with E-state index in [-0.39, 0.29) is 0 Å². The summed E-state index contributed by atoms with van der Waals surface area (Å²) in [6.07, 6.45) is 0. The largest absolute Gasteiger partial charge is 0.397 e. The third-order valence-corrected chi connectivity index (χ3v) is 10.3. The van der Waals surface area contributed by atoms with Crippen LogP contribution in [0.3, 0.4) is 0 Å². The molecule has 0 rings (SSSR count). The maximum atomic E-state index is 11.2. The van der Waals surface area contributed by atoms with E-state index < -0.39 is 25.3 Å². The second-order valence-corrected chi connectivity index (χ2v) is 13.4. The second-order valence-electron chi connectivity index (χ2n) is 7.05. The van der Waals surface area contributed by atoms with E-state index >= 15 is 0 Å². The summed E-state index contributed by atoms with van der Waals surface area (Å²) in [7, 11) is -8.08. The van der Waals surface area contributed by atoms with Gasteiger partial charge in [-0.3, -0.25) is 0 Å². The van der Waals surface area contributed by atoms with Gasteiger partial charge in [0, 0.05) is 0 Å². The van der Waals surface area contributed by atoms with Gasteiger partial charge in [-0.15, -0.1) is 0 Å². The summed E-state index contributed by atoms with van der Waals surface area (Å²) in [5.41, 5.74) is 4.02. The molecule has 0 bridgehead atoms. The topological polar surface area (TPSA) is 127 Å². The molecule has 0 aliphatic rings. The first kappa shape index (κ1) is 23.7. The fourth-order valence-corrected chi connectivity index (χ4v) is 7.40. The molecular formula is C12H34N2O5P2. The molecule has 0 aliphatic heterocycles. The normalized spacial score (nSPS) is 16.0. The van der Waals surface area contributed by atoms with Gasteiger partial charge in [0.1, 0.15) is 0 Å². The molecule has 0 saturated heterocycles. The van der Waals surface area contributed by atoms with Crippen LogP contribution in [0.5, 0.6) is 0 Å². The van der Waals surface area contributed by atoms with Crippen molar-refractivity contribution in [3.63, 3.8) is 0 Å². The average molecular weight is 348 g/mol. The molecule has 0 aromatic carbocycles. The zero-order chi connectivity index (χ0) is 17.9. The van der Waals surface area contributed by atoms with E-state index in [1.807, 2.05) is 60.1 Å². The van der Waals surface area contributed by atoms with E-state index in [9.17, 15) is 9.79 Å². The minimum Gasteiger partial charge on any atom is -0.313 e. The summed E-state index contributed by atoms with van der Waals surface area (Å²) < 4.78 is 11.0. The van der Waals surface area contributed by atoms with Crippen molar-refractivity contribution < 1.29 is 24.1 Å². The van der Waals surface area contributed by atoms with Gasteiger partial charge < -0.3 is 9.79 Å². The fourth-order valence-electron chi connectivity index (χ4n) is 2.61. The molecule has 0 unspecified atom stereocenters. The molecule has 132 valence electrons. The van der Waals surface area contributed by atoms with Crippen molar-refractivity contribution in [2.24, 2.45) is 5.50 Å². The molecule has 0 spiro atoms. The summed E-state index contributed by atoms with van der Waals surface area (Å²) in [4.78, 5) is 37.3. The van der Waals surface area contributed by atoms with Gasteiger partial charge in [0.2, 0.25) is 0 Å². The monoisotopic (exact) mass is 348 g/mol. The number of nitrogens with zero attached hydrogens (tertiary/aromatic N) is 1. The third-order valence-electron chi connectivity index (χ3n) is 3.74. The van der Waals surface area contributed by atoms with Crippen molar-refractivity contribution in [2.75, 3.05) is 13.1 Å². The quantitative estimate of drug-likeness (QED) is 0.495. The summed E-state index contributed by atoms with van der Waals surface area (Å²) in [5, 5.41) is -1.06. The molecule has 0 aromatic rings. The molecule has 0 fully saturated rings. The molecule has 0 atom stereocenters. The molecular weight excluding hydrogens is 314 g/mol. The number of hydrogen-bond donors (Lipinski definition) is 5. The Balaban J connectivity index is 0. The van der Waals surface area contributed by atoms with Crippen LogP contribution >= 0.6 is 15.0 Å². The SMILES string of the molecule is CCN(CC)P(O)(O)(C(C)(C)C)C(C)(C)C.NP(=O)(O)O. The van der Waals surface area contributed by atoms with E-state index in [4.69, 9.17) is 14.4 Å². The van der Waals surface area contributed by atoms with Gasteiger partial charge in [0.05, 0.1) is 0 Å². The summed E-state index contributed by atoms with van der Waals surface area (Å²) >= 11 is 0. The molecule has 0 saturated carbocycles. The van der Waals surface area contributed by atoms with E-state index in [0.717, 1.165) is 0 Å².